The van der Waals surface area contributed by atoms with E-state index < -0.39 is 5.97 Å². The number of pyridine rings is 1. The number of aromatic nitrogens is 1. The summed E-state index contributed by atoms with van der Waals surface area (Å²) in [6.07, 6.45) is 3.46. The van der Waals surface area contributed by atoms with Crippen LogP contribution in [0.4, 0.5) is 0 Å². The van der Waals surface area contributed by atoms with Gasteiger partial charge in [-0.15, -0.1) is 0 Å². The second kappa shape index (κ2) is 9.07. The van der Waals surface area contributed by atoms with Crippen LogP contribution in [0.15, 0.2) is 30.5 Å². The van der Waals surface area contributed by atoms with Gasteiger partial charge in [-0.25, -0.2) is 0 Å². The van der Waals surface area contributed by atoms with Crippen molar-refractivity contribution in [2.75, 3.05) is 39.8 Å². The largest absolute Gasteiger partial charge is 0.481 e. The Morgan fingerprint density at radius 3 is 2.55 bits per heavy atom. The summed E-state index contributed by atoms with van der Waals surface area (Å²) in [7, 11) is 2.13. The number of carbonyl (C=O) groups excluding carboxylic acids is 1. The number of piperidine rings is 1. The van der Waals surface area contributed by atoms with E-state index in [1.807, 2.05) is 23.1 Å². The Bertz CT molecular complexity index is 893. The van der Waals surface area contributed by atoms with Crippen molar-refractivity contribution < 1.29 is 19.4 Å². The molecule has 3 heterocycles. The average molecular weight is 420 g/mol. The first-order valence-corrected chi connectivity index (χ1v) is 10.0. The van der Waals surface area contributed by atoms with E-state index in [0.29, 0.717) is 23.7 Å². The SMILES string of the molecule is CC(=O)O.CN1CCOC2(CCN(C(=O)c3c(Cl)ccc4ncccc34)CC2)C1. The molecule has 29 heavy (non-hydrogen) atoms. The Labute approximate surface area is 175 Å². The van der Waals surface area contributed by atoms with E-state index in [0.717, 1.165) is 50.4 Å². The average Bonchev–Trinajstić information content (AvgIpc) is 2.67. The van der Waals surface area contributed by atoms with Crippen LogP contribution in [0, 0.1) is 0 Å². The number of hydrogen-bond donors (Lipinski definition) is 1. The standard InChI is InChI=1S/C19H22ClN3O2.C2H4O2/c1-22-11-12-25-19(13-22)6-9-23(10-7-19)18(24)17-14-3-2-8-21-16(14)5-4-15(17)20;1-2(3)4/h2-5,8H,6-7,9-13H2,1H3;1H3,(H,3,4). The molecule has 1 aromatic heterocycles. The van der Waals surface area contributed by atoms with E-state index in [4.69, 9.17) is 26.2 Å². The number of likely N-dealkylation sites (N-methyl/N-ethyl adjacent to an activating group) is 1. The van der Waals surface area contributed by atoms with Gasteiger partial charge in [0.1, 0.15) is 0 Å². The smallest absolute Gasteiger partial charge is 0.300 e. The van der Waals surface area contributed by atoms with E-state index in [-0.39, 0.29) is 11.5 Å². The Morgan fingerprint density at radius 2 is 1.90 bits per heavy atom. The number of carbonyl (C=O) groups is 2. The molecule has 1 aromatic carbocycles. The summed E-state index contributed by atoms with van der Waals surface area (Å²) in [6, 6.07) is 7.36. The second-order valence-electron chi connectivity index (χ2n) is 7.57. The number of ether oxygens (including phenoxy) is 1. The quantitative estimate of drug-likeness (QED) is 0.765. The van der Waals surface area contributed by atoms with Crippen LogP contribution >= 0.6 is 11.6 Å². The van der Waals surface area contributed by atoms with Crippen LogP contribution < -0.4 is 0 Å². The number of hydrogen-bond acceptors (Lipinski definition) is 5. The van der Waals surface area contributed by atoms with E-state index in [1.165, 1.54) is 0 Å². The van der Waals surface area contributed by atoms with Crippen molar-refractivity contribution in [3.63, 3.8) is 0 Å². The van der Waals surface area contributed by atoms with Crippen LogP contribution in [-0.4, -0.2) is 77.2 Å². The zero-order chi connectivity index (χ0) is 21.0. The Hall–Kier alpha value is -2.22. The fourth-order valence-corrected chi connectivity index (χ4v) is 4.20. The number of morpholine rings is 1. The molecule has 2 fully saturated rings. The second-order valence-corrected chi connectivity index (χ2v) is 7.98. The summed E-state index contributed by atoms with van der Waals surface area (Å²) in [6.45, 7) is 5.15. The van der Waals surface area contributed by atoms with E-state index in [1.54, 1.807) is 12.3 Å². The van der Waals surface area contributed by atoms with Crippen LogP contribution in [0.25, 0.3) is 10.9 Å². The highest BCUT2D eigenvalue weighted by molar-refractivity contribution is 6.35. The number of nitrogens with zero attached hydrogens (tertiary/aromatic N) is 3. The molecule has 0 aliphatic carbocycles. The molecule has 7 nitrogen and oxygen atoms in total. The summed E-state index contributed by atoms with van der Waals surface area (Å²) >= 11 is 6.37. The van der Waals surface area contributed by atoms with Crippen molar-refractivity contribution in [2.45, 2.75) is 25.4 Å². The molecule has 8 heteroatoms. The predicted molar refractivity (Wildman–Crippen MR) is 111 cm³/mol. The lowest BCUT2D eigenvalue weighted by atomic mass is 9.89. The molecule has 0 saturated carbocycles. The monoisotopic (exact) mass is 419 g/mol. The van der Waals surface area contributed by atoms with Crippen molar-refractivity contribution in [3.8, 4) is 0 Å². The van der Waals surface area contributed by atoms with Gasteiger partial charge in [0.2, 0.25) is 0 Å². The van der Waals surface area contributed by atoms with E-state index in [2.05, 4.69) is 16.9 Å². The molecule has 156 valence electrons. The molecule has 0 atom stereocenters. The van der Waals surface area contributed by atoms with Crippen molar-refractivity contribution >= 4 is 34.4 Å². The van der Waals surface area contributed by atoms with Gasteiger partial charge in [-0.1, -0.05) is 17.7 Å². The lowest BCUT2D eigenvalue weighted by molar-refractivity contribution is -0.134. The molecule has 0 radical (unpaired) electrons. The maximum Gasteiger partial charge on any atom is 0.300 e. The van der Waals surface area contributed by atoms with Crippen LogP contribution in [0.5, 0.6) is 0 Å². The minimum Gasteiger partial charge on any atom is -0.481 e. The first-order chi connectivity index (χ1) is 13.8. The predicted octanol–water partition coefficient (Wildman–Crippen LogP) is 2.92. The highest BCUT2D eigenvalue weighted by atomic mass is 35.5. The number of halogens is 1. The lowest BCUT2D eigenvalue weighted by Crippen LogP contribution is -2.56. The van der Waals surface area contributed by atoms with Gasteiger partial charge >= 0.3 is 0 Å². The van der Waals surface area contributed by atoms with Crippen molar-refractivity contribution in [2.24, 2.45) is 0 Å². The molecule has 2 aliphatic rings. The molecule has 0 bridgehead atoms. The third-order valence-electron chi connectivity index (χ3n) is 5.35. The maximum absolute atomic E-state index is 13.1. The molecular weight excluding hydrogens is 394 g/mol. The van der Waals surface area contributed by atoms with E-state index >= 15 is 0 Å². The summed E-state index contributed by atoms with van der Waals surface area (Å²) in [5, 5.41) is 8.72. The Balaban J connectivity index is 0.000000552. The summed E-state index contributed by atoms with van der Waals surface area (Å²) in [4.78, 5) is 30.7. The zero-order valence-electron chi connectivity index (χ0n) is 16.7. The highest BCUT2D eigenvalue weighted by Gasteiger charge is 2.40. The normalized spacial score (nSPS) is 18.9. The third kappa shape index (κ3) is 5.04. The molecule has 1 spiro atoms. The minimum absolute atomic E-state index is 0.0115. The number of fused-ring (bicyclic) bond motifs is 1. The van der Waals surface area contributed by atoms with Crippen molar-refractivity contribution in [3.05, 3.63) is 41.0 Å². The van der Waals surface area contributed by atoms with Crippen molar-refractivity contribution in [1.82, 2.24) is 14.8 Å². The summed E-state index contributed by atoms with van der Waals surface area (Å²) < 4.78 is 6.09. The van der Waals surface area contributed by atoms with Gasteiger partial charge < -0.3 is 19.6 Å². The molecule has 0 unspecified atom stereocenters. The number of carboxylic acid groups (broad SMARTS) is 1. The molecule has 2 aliphatic heterocycles. The summed E-state index contributed by atoms with van der Waals surface area (Å²) in [5.74, 6) is -0.845. The van der Waals surface area contributed by atoms with Gasteiger partial charge in [0.05, 0.1) is 28.3 Å². The molecule has 2 saturated heterocycles. The van der Waals surface area contributed by atoms with E-state index in [9.17, 15) is 4.79 Å². The number of aliphatic carboxylic acids is 1. The number of benzene rings is 1. The zero-order valence-corrected chi connectivity index (χ0v) is 17.5. The molecule has 2 aromatic rings. The maximum atomic E-state index is 13.1. The van der Waals surface area contributed by atoms with Crippen LogP contribution in [-0.2, 0) is 9.53 Å². The molecular formula is C21H26ClN3O4. The molecule has 1 amide bonds. The van der Waals surface area contributed by atoms with Crippen LogP contribution in [0.3, 0.4) is 0 Å². The van der Waals surface area contributed by atoms with Gasteiger partial charge in [0, 0.05) is 44.7 Å². The Morgan fingerprint density at radius 1 is 1.21 bits per heavy atom. The molecule has 1 N–H and O–H groups in total. The first-order valence-electron chi connectivity index (χ1n) is 9.66. The molecule has 4 rings (SSSR count). The number of likely N-dealkylation sites (tertiary alicyclic amines) is 1. The third-order valence-corrected chi connectivity index (χ3v) is 5.66. The highest BCUT2D eigenvalue weighted by Crippen LogP contribution is 2.32. The van der Waals surface area contributed by atoms with Gasteiger partial charge in [-0.3, -0.25) is 14.6 Å². The van der Waals surface area contributed by atoms with Gasteiger partial charge in [0.25, 0.3) is 11.9 Å². The van der Waals surface area contributed by atoms with Crippen LogP contribution in [0.2, 0.25) is 5.02 Å². The fraction of sp³-hybridized carbons (Fsp3) is 0.476. The minimum atomic E-state index is -0.833. The lowest BCUT2D eigenvalue weighted by Gasteiger charge is -2.46. The van der Waals surface area contributed by atoms with Gasteiger partial charge in [-0.2, -0.15) is 0 Å². The first kappa shape index (κ1) is 21.5. The van der Waals surface area contributed by atoms with Crippen LogP contribution in [0.1, 0.15) is 30.1 Å². The Kier molecular flexibility index (Phi) is 6.72. The number of carboxylic acids is 1. The number of amides is 1. The number of rotatable bonds is 1. The summed E-state index contributed by atoms with van der Waals surface area (Å²) in [5.41, 5.74) is 1.25. The van der Waals surface area contributed by atoms with Gasteiger partial charge in [-0.05, 0) is 38.1 Å². The van der Waals surface area contributed by atoms with Gasteiger partial charge in [0.15, 0.2) is 0 Å². The topological polar surface area (TPSA) is 83.0 Å². The fourth-order valence-electron chi connectivity index (χ4n) is 3.96. The van der Waals surface area contributed by atoms with Crippen molar-refractivity contribution in [1.29, 1.82) is 0 Å².